The topological polar surface area (TPSA) is 70.2 Å². The van der Waals surface area contributed by atoms with E-state index in [-0.39, 0.29) is 11.8 Å². The van der Waals surface area contributed by atoms with Crippen LogP contribution in [0.1, 0.15) is 31.7 Å². The van der Waals surface area contributed by atoms with Gasteiger partial charge in [-0.25, -0.2) is 0 Å². The molecule has 2 amide bonds. The Morgan fingerprint density at radius 1 is 1.33 bits per heavy atom. The second kappa shape index (κ2) is 7.22. The van der Waals surface area contributed by atoms with Crippen LogP contribution in [0.25, 0.3) is 0 Å². The number of carbonyl (C=O) groups excluding carboxylic acids is 2. The fourth-order valence-corrected chi connectivity index (χ4v) is 2.59. The fourth-order valence-electron chi connectivity index (χ4n) is 2.59. The Morgan fingerprint density at radius 2 is 2.14 bits per heavy atom. The number of carbonyl (C=O) groups is 2. The molecule has 0 bridgehead atoms. The third-order valence-corrected chi connectivity index (χ3v) is 3.76. The van der Waals surface area contributed by atoms with Crippen molar-refractivity contribution in [2.24, 2.45) is 5.92 Å². The van der Waals surface area contributed by atoms with Crippen molar-refractivity contribution in [3.05, 3.63) is 23.8 Å². The number of hydrogen-bond donors (Lipinski definition) is 3. The van der Waals surface area contributed by atoms with Crippen LogP contribution in [-0.4, -0.2) is 24.9 Å². The number of anilines is 2. The average molecular weight is 289 g/mol. The van der Waals surface area contributed by atoms with Gasteiger partial charge in [0.25, 0.3) is 0 Å². The van der Waals surface area contributed by atoms with Crippen LogP contribution in [0.5, 0.6) is 0 Å². The number of benzene rings is 1. The molecule has 0 aromatic heterocycles. The highest BCUT2D eigenvalue weighted by molar-refractivity contribution is 5.92. The molecule has 1 atom stereocenters. The smallest absolute Gasteiger partial charge is 0.224 e. The van der Waals surface area contributed by atoms with E-state index in [2.05, 4.69) is 16.0 Å². The van der Waals surface area contributed by atoms with Crippen molar-refractivity contribution in [3.8, 4) is 0 Å². The first-order valence-electron chi connectivity index (χ1n) is 7.43. The molecule has 114 valence electrons. The first kappa shape index (κ1) is 15.5. The van der Waals surface area contributed by atoms with Crippen LogP contribution in [0.2, 0.25) is 0 Å². The number of rotatable bonds is 5. The van der Waals surface area contributed by atoms with Gasteiger partial charge in [0.1, 0.15) is 0 Å². The maximum absolute atomic E-state index is 11.9. The molecule has 0 aliphatic carbocycles. The summed E-state index contributed by atoms with van der Waals surface area (Å²) in [5, 5.41) is 8.98. The summed E-state index contributed by atoms with van der Waals surface area (Å²) in [6, 6.07) is 5.50. The van der Waals surface area contributed by atoms with Gasteiger partial charge in [-0.1, -0.05) is 0 Å². The summed E-state index contributed by atoms with van der Waals surface area (Å²) in [6.07, 6.45) is 2.65. The lowest BCUT2D eigenvalue weighted by Gasteiger charge is -2.11. The van der Waals surface area contributed by atoms with Crippen LogP contribution in [0.15, 0.2) is 18.2 Å². The zero-order valence-electron chi connectivity index (χ0n) is 12.7. The summed E-state index contributed by atoms with van der Waals surface area (Å²) in [5.74, 6) is 0.577. The maximum atomic E-state index is 11.9. The lowest BCUT2D eigenvalue weighted by atomic mass is 10.0. The minimum absolute atomic E-state index is 0.0496. The molecule has 1 saturated heterocycles. The lowest BCUT2D eigenvalue weighted by molar-refractivity contribution is -0.116. The zero-order chi connectivity index (χ0) is 15.2. The molecule has 2 rings (SSSR count). The molecule has 0 saturated carbocycles. The van der Waals surface area contributed by atoms with Crippen molar-refractivity contribution in [3.63, 3.8) is 0 Å². The van der Waals surface area contributed by atoms with E-state index in [4.69, 9.17) is 0 Å². The summed E-state index contributed by atoms with van der Waals surface area (Å²) >= 11 is 0. The average Bonchev–Trinajstić information content (AvgIpc) is 2.92. The number of nitrogens with one attached hydrogen (secondary N) is 3. The minimum atomic E-state index is -0.0972. The third-order valence-electron chi connectivity index (χ3n) is 3.76. The molecule has 0 radical (unpaired) electrons. The highest BCUT2D eigenvalue weighted by Crippen LogP contribution is 2.20. The van der Waals surface area contributed by atoms with Gasteiger partial charge in [0.2, 0.25) is 11.8 Å². The number of amides is 2. The van der Waals surface area contributed by atoms with Crippen LogP contribution < -0.4 is 16.0 Å². The Balaban J connectivity index is 1.85. The minimum Gasteiger partial charge on any atom is -0.326 e. The van der Waals surface area contributed by atoms with E-state index in [1.165, 1.54) is 6.92 Å². The summed E-state index contributed by atoms with van der Waals surface area (Å²) in [4.78, 5) is 23.0. The Kier molecular flexibility index (Phi) is 5.33. The predicted molar refractivity (Wildman–Crippen MR) is 84.3 cm³/mol. The van der Waals surface area contributed by atoms with E-state index in [1.807, 2.05) is 25.1 Å². The molecule has 21 heavy (non-hydrogen) atoms. The Morgan fingerprint density at radius 3 is 2.76 bits per heavy atom. The standard InChI is InChI=1S/C16H23N3O2/c1-11-9-14(4-5-15(11)18-12(2)20)19-16(21)6-3-13-7-8-17-10-13/h4-5,9,13,17H,3,6-8,10H2,1-2H3,(H,18,20)(H,19,21). The molecule has 1 heterocycles. The van der Waals surface area contributed by atoms with Crippen molar-refractivity contribution in [1.82, 2.24) is 5.32 Å². The van der Waals surface area contributed by atoms with Gasteiger partial charge < -0.3 is 16.0 Å². The molecule has 3 N–H and O–H groups in total. The molecule has 0 spiro atoms. The van der Waals surface area contributed by atoms with E-state index in [1.54, 1.807) is 0 Å². The molecule has 1 unspecified atom stereocenters. The van der Waals surface area contributed by atoms with Gasteiger partial charge in [0, 0.05) is 24.7 Å². The normalized spacial score (nSPS) is 17.5. The molecule has 1 aliphatic heterocycles. The molecule has 1 aliphatic rings. The van der Waals surface area contributed by atoms with Crippen molar-refractivity contribution in [2.45, 2.75) is 33.1 Å². The largest absolute Gasteiger partial charge is 0.326 e. The van der Waals surface area contributed by atoms with Crippen LogP contribution in [0.3, 0.4) is 0 Å². The van der Waals surface area contributed by atoms with E-state index >= 15 is 0 Å². The molecule has 1 aromatic rings. The molecule has 5 nitrogen and oxygen atoms in total. The Hall–Kier alpha value is -1.88. The molecular formula is C16H23N3O2. The van der Waals surface area contributed by atoms with E-state index in [9.17, 15) is 9.59 Å². The zero-order valence-corrected chi connectivity index (χ0v) is 12.7. The summed E-state index contributed by atoms with van der Waals surface area (Å²) < 4.78 is 0. The van der Waals surface area contributed by atoms with E-state index < -0.39 is 0 Å². The Labute approximate surface area is 125 Å². The highest BCUT2D eigenvalue weighted by atomic mass is 16.2. The first-order valence-corrected chi connectivity index (χ1v) is 7.43. The van der Waals surface area contributed by atoms with Crippen LogP contribution in [-0.2, 0) is 9.59 Å². The van der Waals surface area contributed by atoms with Crippen LogP contribution >= 0.6 is 0 Å². The van der Waals surface area contributed by atoms with Crippen molar-refractivity contribution in [1.29, 1.82) is 0 Å². The Bertz CT molecular complexity index is 522. The second-order valence-corrected chi connectivity index (χ2v) is 5.66. The quantitative estimate of drug-likeness (QED) is 0.779. The van der Waals surface area contributed by atoms with Crippen molar-refractivity contribution in [2.75, 3.05) is 23.7 Å². The second-order valence-electron chi connectivity index (χ2n) is 5.66. The fraction of sp³-hybridized carbons (Fsp3) is 0.500. The van der Waals surface area contributed by atoms with Gasteiger partial charge >= 0.3 is 0 Å². The number of aryl methyl sites for hydroxylation is 1. The van der Waals surface area contributed by atoms with Gasteiger partial charge in [0.05, 0.1) is 0 Å². The summed E-state index contributed by atoms with van der Waals surface area (Å²) in [7, 11) is 0. The highest BCUT2D eigenvalue weighted by Gasteiger charge is 2.15. The van der Waals surface area contributed by atoms with Gasteiger partial charge in [-0.15, -0.1) is 0 Å². The van der Waals surface area contributed by atoms with Crippen molar-refractivity contribution < 1.29 is 9.59 Å². The molecule has 1 fully saturated rings. The summed E-state index contributed by atoms with van der Waals surface area (Å²) in [5.41, 5.74) is 2.48. The van der Waals surface area contributed by atoms with E-state index in [0.717, 1.165) is 42.9 Å². The van der Waals surface area contributed by atoms with Gasteiger partial charge in [-0.2, -0.15) is 0 Å². The molecule has 5 heteroatoms. The molecular weight excluding hydrogens is 266 g/mol. The number of hydrogen-bond acceptors (Lipinski definition) is 3. The molecule has 1 aromatic carbocycles. The monoisotopic (exact) mass is 289 g/mol. The van der Waals surface area contributed by atoms with Crippen LogP contribution in [0.4, 0.5) is 11.4 Å². The van der Waals surface area contributed by atoms with Crippen LogP contribution in [0, 0.1) is 12.8 Å². The van der Waals surface area contributed by atoms with E-state index in [0.29, 0.717) is 12.3 Å². The van der Waals surface area contributed by atoms with Crippen molar-refractivity contribution >= 4 is 23.2 Å². The maximum Gasteiger partial charge on any atom is 0.224 e. The predicted octanol–water partition coefficient (Wildman–Crippen LogP) is 2.28. The SMILES string of the molecule is CC(=O)Nc1ccc(NC(=O)CCC2CCNC2)cc1C. The van der Waals surface area contributed by atoms with Gasteiger partial charge in [-0.05, 0) is 62.5 Å². The summed E-state index contributed by atoms with van der Waals surface area (Å²) in [6.45, 7) is 5.48. The van der Waals surface area contributed by atoms with Gasteiger partial charge in [-0.3, -0.25) is 9.59 Å². The third kappa shape index (κ3) is 4.86. The van der Waals surface area contributed by atoms with Gasteiger partial charge in [0.15, 0.2) is 0 Å². The first-order chi connectivity index (χ1) is 10.0. The lowest BCUT2D eigenvalue weighted by Crippen LogP contribution is -2.15.